The number of carboxylic acid groups (broad SMARTS) is 1. The van der Waals surface area contributed by atoms with Gasteiger partial charge in [-0.05, 0) is 18.2 Å². The van der Waals surface area contributed by atoms with Crippen molar-refractivity contribution in [2.24, 2.45) is 0 Å². The first-order valence-electron chi connectivity index (χ1n) is 5.90. The van der Waals surface area contributed by atoms with Crippen LogP contribution < -0.4 is 0 Å². The summed E-state index contributed by atoms with van der Waals surface area (Å²) >= 11 is 5.69. The van der Waals surface area contributed by atoms with Crippen LogP contribution in [0, 0.1) is 5.82 Å². The summed E-state index contributed by atoms with van der Waals surface area (Å²) in [5.74, 6) is -4.23. The third-order valence-electron chi connectivity index (χ3n) is 3.14. The van der Waals surface area contributed by atoms with Gasteiger partial charge in [0.25, 0.3) is 5.91 Å². The lowest BCUT2D eigenvalue weighted by Gasteiger charge is -2.32. The van der Waals surface area contributed by atoms with Crippen molar-refractivity contribution >= 4 is 33.3 Å². The maximum Gasteiger partial charge on any atom is 0.327 e. The summed E-state index contributed by atoms with van der Waals surface area (Å²) in [5, 5.41) is 9.20. The van der Waals surface area contributed by atoms with Gasteiger partial charge in [-0.2, -0.15) is 0 Å². The van der Waals surface area contributed by atoms with Crippen molar-refractivity contribution in [3.05, 3.63) is 34.6 Å². The maximum absolute atomic E-state index is 13.7. The topological polar surface area (TPSA) is 91.8 Å². The number of rotatable bonds is 2. The normalized spacial score (nSPS) is 21.0. The Kier molecular flexibility index (Phi) is 4.20. The summed E-state index contributed by atoms with van der Waals surface area (Å²) in [4.78, 5) is 24.3. The molecule has 0 spiro atoms. The van der Waals surface area contributed by atoms with Crippen LogP contribution in [0.3, 0.4) is 0 Å². The lowest BCUT2D eigenvalue weighted by atomic mass is 10.1. The van der Waals surface area contributed by atoms with Crippen molar-refractivity contribution in [2.75, 3.05) is 18.1 Å². The Labute approximate surface area is 125 Å². The molecule has 1 fully saturated rings. The van der Waals surface area contributed by atoms with Crippen molar-refractivity contribution in [1.29, 1.82) is 0 Å². The van der Waals surface area contributed by atoms with Crippen molar-refractivity contribution < 1.29 is 27.5 Å². The Morgan fingerprint density at radius 3 is 2.67 bits per heavy atom. The third-order valence-corrected chi connectivity index (χ3v) is 5.00. The molecule has 1 aliphatic rings. The van der Waals surface area contributed by atoms with Gasteiger partial charge in [-0.15, -0.1) is 0 Å². The lowest BCUT2D eigenvalue weighted by Crippen LogP contribution is -2.54. The maximum atomic E-state index is 13.7. The molecule has 6 nitrogen and oxygen atoms in total. The molecule has 1 heterocycles. The van der Waals surface area contributed by atoms with Crippen LogP contribution in [-0.4, -0.2) is 54.4 Å². The van der Waals surface area contributed by atoms with Crippen LogP contribution in [0.5, 0.6) is 0 Å². The van der Waals surface area contributed by atoms with E-state index in [-0.39, 0.29) is 22.9 Å². The summed E-state index contributed by atoms with van der Waals surface area (Å²) in [6.07, 6.45) is 0. The molecule has 0 bridgehead atoms. The van der Waals surface area contributed by atoms with E-state index in [2.05, 4.69) is 0 Å². The largest absolute Gasteiger partial charge is 0.480 e. The average molecular weight is 336 g/mol. The Balaban J connectivity index is 2.37. The molecular formula is C12H11ClFNO5S. The average Bonchev–Trinajstić information content (AvgIpc) is 2.39. The number of hydrogen-bond donors (Lipinski definition) is 1. The molecule has 21 heavy (non-hydrogen) atoms. The zero-order valence-electron chi connectivity index (χ0n) is 10.6. The molecular weight excluding hydrogens is 325 g/mol. The standard InChI is InChI=1S/C12H11ClFNO5S/c13-7-1-2-9(14)8(5-7)11(16)15-3-4-21(19,20)6-10(15)12(17)18/h1-2,5,10H,3-4,6H2,(H,17,18). The van der Waals surface area contributed by atoms with Gasteiger partial charge in [0.1, 0.15) is 11.9 Å². The number of amides is 1. The van der Waals surface area contributed by atoms with Crippen LogP contribution in [0.2, 0.25) is 5.02 Å². The number of aliphatic carboxylic acids is 1. The minimum Gasteiger partial charge on any atom is -0.480 e. The van der Waals surface area contributed by atoms with Gasteiger partial charge in [0, 0.05) is 11.6 Å². The zero-order chi connectivity index (χ0) is 15.8. The van der Waals surface area contributed by atoms with Crippen LogP contribution in [0.15, 0.2) is 18.2 Å². The number of halogens is 2. The van der Waals surface area contributed by atoms with E-state index in [1.54, 1.807) is 0 Å². The second kappa shape index (κ2) is 5.61. The molecule has 9 heteroatoms. The van der Waals surface area contributed by atoms with Crippen molar-refractivity contribution in [1.82, 2.24) is 4.90 Å². The van der Waals surface area contributed by atoms with Crippen LogP contribution in [0.25, 0.3) is 0 Å². The smallest absolute Gasteiger partial charge is 0.327 e. The number of benzene rings is 1. The van der Waals surface area contributed by atoms with E-state index in [1.807, 2.05) is 0 Å². The van der Waals surface area contributed by atoms with Gasteiger partial charge in [-0.25, -0.2) is 17.6 Å². The molecule has 114 valence electrons. The van der Waals surface area contributed by atoms with E-state index in [9.17, 15) is 22.4 Å². The molecule has 1 saturated heterocycles. The lowest BCUT2D eigenvalue weighted by molar-refractivity contribution is -0.141. The third kappa shape index (κ3) is 3.33. The first kappa shape index (κ1) is 15.7. The zero-order valence-corrected chi connectivity index (χ0v) is 12.2. The molecule has 1 aliphatic heterocycles. The molecule has 1 aromatic rings. The Morgan fingerprint density at radius 2 is 2.05 bits per heavy atom. The van der Waals surface area contributed by atoms with Gasteiger partial charge >= 0.3 is 5.97 Å². The second-order valence-electron chi connectivity index (χ2n) is 4.59. The molecule has 1 unspecified atom stereocenters. The van der Waals surface area contributed by atoms with Gasteiger partial charge in [0.05, 0.1) is 17.1 Å². The van der Waals surface area contributed by atoms with E-state index in [0.717, 1.165) is 17.0 Å². The van der Waals surface area contributed by atoms with Gasteiger partial charge in [-0.3, -0.25) is 4.79 Å². The predicted octanol–water partition coefficient (Wildman–Crippen LogP) is 0.803. The van der Waals surface area contributed by atoms with E-state index in [0.29, 0.717) is 0 Å². The molecule has 1 aromatic carbocycles. The SMILES string of the molecule is O=C(O)C1CS(=O)(=O)CCN1C(=O)c1cc(Cl)ccc1F. The molecule has 1 N–H and O–H groups in total. The fraction of sp³-hybridized carbons (Fsp3) is 0.333. The van der Waals surface area contributed by atoms with Crippen molar-refractivity contribution in [3.63, 3.8) is 0 Å². The molecule has 2 rings (SSSR count). The molecule has 1 amide bonds. The first-order valence-corrected chi connectivity index (χ1v) is 8.10. The minimum atomic E-state index is -3.54. The Morgan fingerprint density at radius 1 is 1.38 bits per heavy atom. The fourth-order valence-electron chi connectivity index (χ4n) is 2.07. The molecule has 0 aliphatic carbocycles. The summed E-state index contributed by atoms with van der Waals surface area (Å²) in [5.41, 5.74) is -0.381. The number of nitrogens with zero attached hydrogens (tertiary/aromatic N) is 1. The van der Waals surface area contributed by atoms with Crippen molar-refractivity contribution in [3.8, 4) is 0 Å². The monoisotopic (exact) mass is 335 g/mol. The van der Waals surface area contributed by atoms with Gasteiger partial charge in [-0.1, -0.05) is 11.6 Å². The molecule has 0 aromatic heterocycles. The highest BCUT2D eigenvalue weighted by Gasteiger charge is 2.39. The van der Waals surface area contributed by atoms with Crippen LogP contribution in [-0.2, 0) is 14.6 Å². The second-order valence-corrected chi connectivity index (χ2v) is 7.26. The van der Waals surface area contributed by atoms with Crippen LogP contribution in [0.4, 0.5) is 4.39 Å². The Bertz CT molecular complexity index is 706. The summed E-state index contributed by atoms with van der Waals surface area (Å²) < 4.78 is 36.7. The summed E-state index contributed by atoms with van der Waals surface area (Å²) in [7, 11) is -3.54. The number of sulfone groups is 1. The van der Waals surface area contributed by atoms with Crippen molar-refractivity contribution in [2.45, 2.75) is 6.04 Å². The van der Waals surface area contributed by atoms with Gasteiger partial charge in [0.2, 0.25) is 0 Å². The number of hydrogen-bond acceptors (Lipinski definition) is 4. The number of carbonyl (C=O) groups is 2. The van der Waals surface area contributed by atoms with E-state index in [4.69, 9.17) is 16.7 Å². The summed E-state index contributed by atoms with van der Waals surface area (Å²) in [6, 6.07) is 1.80. The molecule has 1 atom stereocenters. The number of carboxylic acids is 1. The van der Waals surface area contributed by atoms with Crippen LogP contribution >= 0.6 is 11.6 Å². The first-order chi connectivity index (χ1) is 9.71. The highest BCUT2D eigenvalue weighted by Crippen LogP contribution is 2.20. The molecule has 0 saturated carbocycles. The quantitative estimate of drug-likeness (QED) is 0.863. The van der Waals surface area contributed by atoms with Gasteiger partial charge in [0.15, 0.2) is 9.84 Å². The number of carbonyl (C=O) groups excluding carboxylic acids is 1. The van der Waals surface area contributed by atoms with E-state index in [1.165, 1.54) is 6.07 Å². The van der Waals surface area contributed by atoms with E-state index < -0.39 is 39.3 Å². The summed E-state index contributed by atoms with van der Waals surface area (Å²) in [6.45, 7) is -0.302. The van der Waals surface area contributed by atoms with Gasteiger partial charge < -0.3 is 10.0 Å². The highest BCUT2D eigenvalue weighted by atomic mass is 35.5. The molecule has 0 radical (unpaired) electrons. The minimum absolute atomic E-state index is 0.122. The predicted molar refractivity (Wildman–Crippen MR) is 72.5 cm³/mol. The fourth-order valence-corrected chi connectivity index (χ4v) is 3.69. The van der Waals surface area contributed by atoms with Crippen LogP contribution in [0.1, 0.15) is 10.4 Å². The van der Waals surface area contributed by atoms with E-state index >= 15 is 0 Å². The highest BCUT2D eigenvalue weighted by molar-refractivity contribution is 7.91. The Hall–Kier alpha value is -1.67.